The summed E-state index contributed by atoms with van der Waals surface area (Å²) in [6.45, 7) is 2.02. The number of aromatic nitrogens is 1. The molecule has 9 rings (SSSR count). The predicted octanol–water partition coefficient (Wildman–Crippen LogP) is 10.1. The lowest BCUT2D eigenvalue weighted by atomic mass is 9.89. The third-order valence-corrected chi connectivity index (χ3v) is 10.4. The zero-order chi connectivity index (χ0) is 35.2. The van der Waals surface area contributed by atoms with Gasteiger partial charge in [-0.3, -0.25) is 10.3 Å². The molecular formula is C47H39N5. The maximum Gasteiger partial charge on any atom is 0.134 e. The lowest BCUT2D eigenvalue weighted by Gasteiger charge is -2.39. The van der Waals surface area contributed by atoms with Gasteiger partial charge < -0.3 is 10.6 Å². The first-order chi connectivity index (χ1) is 25.4. The number of nitrogens with two attached hydrogens (primary N) is 1. The molecule has 5 nitrogen and oxygen atoms in total. The molecule has 0 fully saturated rings. The highest BCUT2D eigenvalue weighted by Crippen LogP contribution is 2.40. The van der Waals surface area contributed by atoms with Gasteiger partial charge >= 0.3 is 0 Å². The fraction of sp³-hybridized carbons (Fsp3) is 0.106. The Bertz CT molecular complexity index is 2530. The van der Waals surface area contributed by atoms with Crippen LogP contribution >= 0.6 is 0 Å². The Morgan fingerprint density at radius 1 is 0.654 bits per heavy atom. The maximum absolute atomic E-state index is 6.58. The first kappa shape index (κ1) is 31.8. The molecule has 0 saturated heterocycles. The Kier molecular flexibility index (Phi) is 7.88. The van der Waals surface area contributed by atoms with Crippen LogP contribution in [-0.4, -0.2) is 28.3 Å². The SMILES string of the molecule is CN1C(c2ccccc2)=NC(c2ccccc2)NC1c1cc(-c2ccc(C3=CC=C[C@]3(C)N)nc2)cc(-c2cc3ccccc3c3ccccc23)c1. The zero-order valence-corrected chi connectivity index (χ0v) is 29.2. The number of nitrogens with one attached hydrogen (secondary N) is 1. The highest BCUT2D eigenvalue weighted by atomic mass is 15.4. The van der Waals surface area contributed by atoms with E-state index in [1.165, 1.54) is 27.1 Å². The van der Waals surface area contributed by atoms with Crippen molar-refractivity contribution in [2.24, 2.45) is 10.7 Å². The van der Waals surface area contributed by atoms with Gasteiger partial charge in [-0.15, -0.1) is 0 Å². The minimum atomic E-state index is -0.538. The number of rotatable bonds is 6. The van der Waals surface area contributed by atoms with E-state index in [-0.39, 0.29) is 12.3 Å². The first-order valence-corrected chi connectivity index (χ1v) is 17.8. The van der Waals surface area contributed by atoms with Crippen LogP contribution in [0.2, 0.25) is 0 Å². The molecule has 2 aliphatic rings. The van der Waals surface area contributed by atoms with E-state index in [2.05, 4.69) is 163 Å². The number of nitrogens with zero attached hydrogens (tertiary/aromatic N) is 3. The van der Waals surface area contributed by atoms with Crippen LogP contribution in [0.3, 0.4) is 0 Å². The monoisotopic (exact) mass is 673 g/mol. The van der Waals surface area contributed by atoms with Crippen molar-refractivity contribution < 1.29 is 0 Å². The van der Waals surface area contributed by atoms with Crippen molar-refractivity contribution in [2.75, 3.05) is 7.05 Å². The van der Waals surface area contributed by atoms with Crippen LogP contribution in [0.4, 0.5) is 0 Å². The molecule has 0 spiro atoms. The number of allylic oxidation sites excluding steroid dienone is 2. The zero-order valence-electron chi connectivity index (χ0n) is 29.2. The number of hydrogen-bond donors (Lipinski definition) is 2. The highest BCUT2D eigenvalue weighted by molar-refractivity contribution is 6.14. The molecule has 0 bridgehead atoms. The van der Waals surface area contributed by atoms with Gasteiger partial charge in [0, 0.05) is 29.9 Å². The topological polar surface area (TPSA) is 66.5 Å². The average molecular weight is 674 g/mol. The molecule has 1 aromatic heterocycles. The average Bonchev–Trinajstić information content (AvgIpc) is 3.56. The van der Waals surface area contributed by atoms with E-state index >= 15 is 0 Å². The predicted molar refractivity (Wildman–Crippen MR) is 216 cm³/mol. The van der Waals surface area contributed by atoms with Crippen LogP contribution in [-0.2, 0) is 0 Å². The normalized spacial score (nSPS) is 19.9. The smallest absolute Gasteiger partial charge is 0.134 e. The summed E-state index contributed by atoms with van der Waals surface area (Å²) in [5.41, 5.74) is 15.7. The Labute approximate surface area is 304 Å². The second kappa shape index (κ2) is 12.9. The lowest BCUT2D eigenvalue weighted by molar-refractivity contribution is 0.257. The molecule has 6 aromatic carbocycles. The minimum Gasteiger partial charge on any atom is -0.340 e. The summed E-state index contributed by atoms with van der Waals surface area (Å²) in [7, 11) is 2.13. The summed E-state index contributed by atoms with van der Waals surface area (Å²) in [5.74, 6) is 0.940. The van der Waals surface area contributed by atoms with Crippen molar-refractivity contribution in [3.05, 3.63) is 192 Å². The first-order valence-electron chi connectivity index (χ1n) is 17.8. The summed E-state index contributed by atoms with van der Waals surface area (Å²) < 4.78 is 0. The molecular weight excluding hydrogens is 635 g/mol. The van der Waals surface area contributed by atoms with Gasteiger partial charge in [-0.25, -0.2) is 4.99 Å². The second-order valence-electron chi connectivity index (χ2n) is 14.0. The summed E-state index contributed by atoms with van der Waals surface area (Å²) in [6, 6.07) is 51.9. The molecule has 3 N–H and O–H groups in total. The molecule has 1 aliphatic heterocycles. The van der Waals surface area contributed by atoms with Gasteiger partial charge in [-0.2, -0.15) is 0 Å². The van der Waals surface area contributed by atoms with E-state index in [1.807, 2.05) is 31.3 Å². The van der Waals surface area contributed by atoms with Gasteiger partial charge in [0.15, 0.2) is 0 Å². The number of fused-ring (bicyclic) bond motifs is 3. The third-order valence-electron chi connectivity index (χ3n) is 10.4. The van der Waals surface area contributed by atoms with Crippen LogP contribution in [0.15, 0.2) is 175 Å². The second-order valence-corrected chi connectivity index (χ2v) is 14.0. The Morgan fingerprint density at radius 3 is 2.08 bits per heavy atom. The van der Waals surface area contributed by atoms with Crippen molar-refractivity contribution in [1.82, 2.24) is 15.2 Å². The van der Waals surface area contributed by atoms with Crippen molar-refractivity contribution >= 4 is 33.0 Å². The number of benzene rings is 6. The van der Waals surface area contributed by atoms with Gasteiger partial charge in [0.25, 0.3) is 0 Å². The van der Waals surface area contributed by atoms with Gasteiger partial charge in [-0.1, -0.05) is 133 Å². The van der Waals surface area contributed by atoms with Crippen LogP contribution in [0.25, 0.3) is 49.4 Å². The van der Waals surface area contributed by atoms with E-state index in [0.717, 1.165) is 50.5 Å². The fourth-order valence-corrected chi connectivity index (χ4v) is 7.75. The van der Waals surface area contributed by atoms with Crippen LogP contribution < -0.4 is 11.1 Å². The molecule has 0 amide bonds. The summed E-state index contributed by atoms with van der Waals surface area (Å²) >= 11 is 0. The molecule has 1 aliphatic carbocycles. The quantitative estimate of drug-likeness (QED) is 0.173. The van der Waals surface area contributed by atoms with E-state index < -0.39 is 5.54 Å². The van der Waals surface area contributed by atoms with Crippen molar-refractivity contribution in [1.29, 1.82) is 0 Å². The number of amidine groups is 1. The lowest BCUT2D eigenvalue weighted by Crippen LogP contribution is -2.46. The van der Waals surface area contributed by atoms with Crippen molar-refractivity contribution in [2.45, 2.75) is 24.8 Å². The summed E-state index contributed by atoms with van der Waals surface area (Å²) in [6.07, 6.45) is 7.66. The number of hydrogen-bond acceptors (Lipinski definition) is 5. The largest absolute Gasteiger partial charge is 0.340 e. The van der Waals surface area contributed by atoms with Gasteiger partial charge in [0.05, 0.1) is 11.2 Å². The molecule has 0 saturated carbocycles. The van der Waals surface area contributed by atoms with Crippen molar-refractivity contribution in [3.8, 4) is 22.3 Å². The molecule has 3 atom stereocenters. The van der Waals surface area contributed by atoms with Crippen LogP contribution in [0, 0.1) is 0 Å². The standard InChI is InChI=1S/C47H39N5/c1-47(48)25-13-22-42(47)43-24-23-34(30-49-43)35-26-36(41-29-33-18-9-10-19-38(33)39-20-11-12-21-40(39)41)28-37(27-35)46-51-44(31-14-5-3-6-15-31)50-45(52(46)2)32-16-7-4-8-17-32/h3-30,44,46,51H,48H2,1-2H3/t44?,46?,47-/m0/s1. The molecule has 252 valence electrons. The van der Waals surface area contributed by atoms with Crippen LogP contribution in [0.1, 0.15) is 41.6 Å². The van der Waals surface area contributed by atoms with E-state index in [1.54, 1.807) is 0 Å². The molecule has 2 unspecified atom stereocenters. The maximum atomic E-state index is 6.58. The van der Waals surface area contributed by atoms with Gasteiger partial charge in [0.1, 0.15) is 18.2 Å². The Hall–Kier alpha value is -6.14. The van der Waals surface area contributed by atoms with Crippen LogP contribution in [0.5, 0.6) is 0 Å². The summed E-state index contributed by atoms with van der Waals surface area (Å²) in [5, 5.41) is 8.84. The molecule has 0 radical (unpaired) electrons. The summed E-state index contributed by atoms with van der Waals surface area (Å²) in [4.78, 5) is 12.5. The molecule has 5 heteroatoms. The number of pyridine rings is 1. The van der Waals surface area contributed by atoms with Gasteiger partial charge in [0.2, 0.25) is 0 Å². The molecule has 2 heterocycles. The molecule has 52 heavy (non-hydrogen) atoms. The van der Waals surface area contributed by atoms with E-state index in [9.17, 15) is 0 Å². The van der Waals surface area contributed by atoms with E-state index in [0.29, 0.717) is 0 Å². The Balaban J connectivity index is 1.23. The van der Waals surface area contributed by atoms with E-state index in [4.69, 9.17) is 15.7 Å². The van der Waals surface area contributed by atoms with Crippen molar-refractivity contribution in [3.63, 3.8) is 0 Å². The van der Waals surface area contributed by atoms with Gasteiger partial charge in [-0.05, 0) is 86.6 Å². The Morgan fingerprint density at radius 2 is 1.35 bits per heavy atom. The minimum absolute atomic E-state index is 0.178. The highest BCUT2D eigenvalue weighted by Gasteiger charge is 2.31. The fourth-order valence-electron chi connectivity index (χ4n) is 7.75. The number of aliphatic imine (C=N–C) groups is 1. The third kappa shape index (κ3) is 5.70. The molecule has 7 aromatic rings.